The van der Waals surface area contributed by atoms with Gasteiger partial charge in [-0.1, -0.05) is 30.3 Å². The summed E-state index contributed by atoms with van der Waals surface area (Å²) >= 11 is 0. The number of fused-ring (bicyclic) bond motifs is 1. The average molecular weight is 343 g/mol. The Hall–Kier alpha value is -2.60. The Bertz CT molecular complexity index is 760. The summed E-state index contributed by atoms with van der Waals surface area (Å²) in [5, 5.41) is 2.13. The highest BCUT2D eigenvalue weighted by Gasteiger charge is 2.22. The number of carbonyl (C=O) groups is 2. The van der Waals surface area contributed by atoms with Gasteiger partial charge in [-0.3, -0.25) is 4.79 Å². The Morgan fingerprint density at radius 2 is 1.96 bits per heavy atom. The summed E-state index contributed by atoms with van der Waals surface area (Å²) in [7, 11) is 0. The molecule has 1 amide bonds. The summed E-state index contributed by atoms with van der Waals surface area (Å²) in [5.74, 6) is -0.194. The molecular formula is C19H21NO5. The third kappa shape index (κ3) is 4.70. The summed E-state index contributed by atoms with van der Waals surface area (Å²) < 4.78 is 15.8. The molecule has 1 heterocycles. The molecular weight excluding hydrogens is 322 g/mol. The summed E-state index contributed by atoms with van der Waals surface area (Å²) in [6.07, 6.45) is 0.00429. The zero-order valence-corrected chi connectivity index (χ0v) is 14.1. The SMILES string of the molecule is CC1CN(C(=O)COC(=O)COc2ccc3ccccc3c2)CCO1. The topological polar surface area (TPSA) is 65.1 Å². The van der Waals surface area contributed by atoms with Crippen molar-refractivity contribution in [2.45, 2.75) is 13.0 Å². The molecule has 0 saturated carbocycles. The van der Waals surface area contributed by atoms with E-state index in [2.05, 4.69) is 0 Å². The zero-order chi connectivity index (χ0) is 17.6. The number of amides is 1. The highest BCUT2D eigenvalue weighted by molar-refractivity contribution is 5.84. The van der Waals surface area contributed by atoms with Crippen LogP contribution in [0.3, 0.4) is 0 Å². The minimum atomic E-state index is -0.567. The van der Waals surface area contributed by atoms with Crippen LogP contribution in [0.4, 0.5) is 0 Å². The minimum Gasteiger partial charge on any atom is -0.482 e. The molecule has 6 nitrogen and oxygen atoms in total. The molecule has 0 aromatic heterocycles. The quantitative estimate of drug-likeness (QED) is 0.777. The molecule has 1 aliphatic rings. The summed E-state index contributed by atoms with van der Waals surface area (Å²) in [6.45, 7) is 2.95. The average Bonchev–Trinajstić information content (AvgIpc) is 2.64. The Labute approximate surface area is 146 Å². The third-order valence-corrected chi connectivity index (χ3v) is 4.03. The molecule has 6 heteroatoms. The van der Waals surface area contributed by atoms with E-state index in [0.29, 0.717) is 25.4 Å². The second kappa shape index (κ2) is 7.98. The molecule has 0 radical (unpaired) electrons. The van der Waals surface area contributed by atoms with Crippen molar-refractivity contribution in [1.29, 1.82) is 0 Å². The first-order valence-corrected chi connectivity index (χ1v) is 8.28. The van der Waals surface area contributed by atoms with Crippen molar-refractivity contribution in [1.82, 2.24) is 4.90 Å². The van der Waals surface area contributed by atoms with Gasteiger partial charge in [0.25, 0.3) is 5.91 Å². The number of carbonyl (C=O) groups excluding carboxylic acids is 2. The maximum absolute atomic E-state index is 12.0. The fourth-order valence-electron chi connectivity index (χ4n) is 2.72. The van der Waals surface area contributed by atoms with E-state index in [1.165, 1.54) is 0 Å². The lowest BCUT2D eigenvalue weighted by Crippen LogP contribution is -2.46. The Morgan fingerprint density at radius 3 is 2.76 bits per heavy atom. The molecule has 0 N–H and O–H groups in total. The van der Waals surface area contributed by atoms with E-state index in [-0.39, 0.29) is 25.2 Å². The van der Waals surface area contributed by atoms with Crippen LogP contribution >= 0.6 is 0 Å². The molecule has 1 aliphatic heterocycles. The molecule has 1 unspecified atom stereocenters. The molecule has 0 spiro atoms. The first kappa shape index (κ1) is 17.2. The van der Waals surface area contributed by atoms with Crippen LogP contribution in [0.2, 0.25) is 0 Å². The number of morpholine rings is 1. The van der Waals surface area contributed by atoms with Crippen LogP contribution in [0, 0.1) is 0 Å². The molecule has 0 bridgehead atoms. The van der Waals surface area contributed by atoms with Crippen molar-refractivity contribution in [3.8, 4) is 5.75 Å². The van der Waals surface area contributed by atoms with Gasteiger partial charge in [0.2, 0.25) is 0 Å². The number of benzene rings is 2. The fraction of sp³-hybridized carbons (Fsp3) is 0.368. The summed E-state index contributed by atoms with van der Waals surface area (Å²) in [5.41, 5.74) is 0. The van der Waals surface area contributed by atoms with Gasteiger partial charge in [0.05, 0.1) is 12.7 Å². The van der Waals surface area contributed by atoms with Gasteiger partial charge < -0.3 is 19.1 Å². The van der Waals surface area contributed by atoms with Crippen LogP contribution in [0.15, 0.2) is 42.5 Å². The fourth-order valence-corrected chi connectivity index (χ4v) is 2.72. The molecule has 2 aromatic carbocycles. The van der Waals surface area contributed by atoms with Crippen molar-refractivity contribution < 1.29 is 23.8 Å². The van der Waals surface area contributed by atoms with Crippen molar-refractivity contribution in [2.24, 2.45) is 0 Å². The Kier molecular flexibility index (Phi) is 5.50. The lowest BCUT2D eigenvalue weighted by atomic mass is 10.1. The number of hydrogen-bond acceptors (Lipinski definition) is 5. The highest BCUT2D eigenvalue weighted by Crippen LogP contribution is 2.20. The van der Waals surface area contributed by atoms with Crippen molar-refractivity contribution in [3.63, 3.8) is 0 Å². The van der Waals surface area contributed by atoms with Gasteiger partial charge in [0, 0.05) is 13.1 Å². The van der Waals surface area contributed by atoms with Crippen LogP contribution in [-0.2, 0) is 19.1 Å². The van der Waals surface area contributed by atoms with Crippen LogP contribution < -0.4 is 4.74 Å². The summed E-state index contributed by atoms with van der Waals surface area (Å²) in [4.78, 5) is 25.5. The van der Waals surface area contributed by atoms with Crippen LogP contribution in [0.1, 0.15) is 6.92 Å². The van der Waals surface area contributed by atoms with Crippen molar-refractivity contribution >= 4 is 22.6 Å². The number of nitrogens with zero attached hydrogens (tertiary/aromatic N) is 1. The van der Waals surface area contributed by atoms with Gasteiger partial charge >= 0.3 is 5.97 Å². The van der Waals surface area contributed by atoms with Crippen molar-refractivity contribution in [3.05, 3.63) is 42.5 Å². The second-order valence-electron chi connectivity index (χ2n) is 5.98. The predicted molar refractivity (Wildman–Crippen MR) is 92.4 cm³/mol. The number of hydrogen-bond donors (Lipinski definition) is 0. The molecule has 25 heavy (non-hydrogen) atoms. The normalized spacial score (nSPS) is 17.3. The van der Waals surface area contributed by atoms with E-state index in [1.807, 2.05) is 43.3 Å². The maximum Gasteiger partial charge on any atom is 0.344 e. The molecule has 1 atom stereocenters. The number of ether oxygens (including phenoxy) is 3. The molecule has 132 valence electrons. The molecule has 0 aliphatic carbocycles. The van der Waals surface area contributed by atoms with Gasteiger partial charge in [-0.15, -0.1) is 0 Å². The van der Waals surface area contributed by atoms with E-state index >= 15 is 0 Å². The Morgan fingerprint density at radius 1 is 1.16 bits per heavy atom. The molecule has 1 saturated heterocycles. The third-order valence-electron chi connectivity index (χ3n) is 4.03. The van der Waals surface area contributed by atoms with Gasteiger partial charge in [-0.25, -0.2) is 4.79 Å². The van der Waals surface area contributed by atoms with Gasteiger partial charge in [-0.05, 0) is 29.8 Å². The number of esters is 1. The zero-order valence-electron chi connectivity index (χ0n) is 14.1. The highest BCUT2D eigenvalue weighted by atomic mass is 16.6. The lowest BCUT2D eigenvalue weighted by molar-refractivity contribution is -0.156. The van der Waals surface area contributed by atoms with E-state index in [1.54, 1.807) is 11.0 Å². The van der Waals surface area contributed by atoms with Gasteiger partial charge in [-0.2, -0.15) is 0 Å². The van der Waals surface area contributed by atoms with E-state index in [9.17, 15) is 9.59 Å². The second-order valence-corrected chi connectivity index (χ2v) is 5.98. The van der Waals surface area contributed by atoms with Crippen LogP contribution in [0.5, 0.6) is 5.75 Å². The van der Waals surface area contributed by atoms with Crippen molar-refractivity contribution in [2.75, 3.05) is 32.9 Å². The Balaban J connectivity index is 1.45. The minimum absolute atomic E-state index is 0.00429. The van der Waals surface area contributed by atoms with Gasteiger partial charge in [0.15, 0.2) is 13.2 Å². The molecule has 1 fully saturated rings. The summed E-state index contributed by atoms with van der Waals surface area (Å²) in [6, 6.07) is 13.5. The molecule has 2 aromatic rings. The van der Waals surface area contributed by atoms with Crippen LogP contribution in [-0.4, -0.2) is 55.8 Å². The van der Waals surface area contributed by atoms with Crippen LogP contribution in [0.25, 0.3) is 10.8 Å². The first-order chi connectivity index (χ1) is 12.1. The maximum atomic E-state index is 12.0. The largest absolute Gasteiger partial charge is 0.482 e. The molecule has 3 rings (SSSR count). The predicted octanol–water partition coefficient (Wildman–Crippen LogP) is 2.01. The first-order valence-electron chi connectivity index (χ1n) is 8.28. The smallest absolute Gasteiger partial charge is 0.344 e. The number of rotatable bonds is 5. The van der Waals surface area contributed by atoms with E-state index in [4.69, 9.17) is 14.2 Å². The van der Waals surface area contributed by atoms with E-state index in [0.717, 1.165) is 10.8 Å². The van der Waals surface area contributed by atoms with E-state index < -0.39 is 5.97 Å². The lowest BCUT2D eigenvalue weighted by Gasteiger charge is -2.30. The van der Waals surface area contributed by atoms with Gasteiger partial charge in [0.1, 0.15) is 5.75 Å². The standard InChI is InChI=1S/C19H21NO5/c1-14-11-20(8-9-23-14)18(21)12-25-19(22)13-24-17-7-6-15-4-2-3-5-16(15)10-17/h2-7,10,14H,8-9,11-13H2,1H3. The monoisotopic (exact) mass is 343 g/mol.